The monoisotopic (exact) mass is 1710 g/mol. The molecule has 119 heavy (non-hydrogen) atoms. The zero-order valence-electron chi connectivity index (χ0n) is 70.0. The highest BCUT2D eigenvalue weighted by atomic mass is 32.1. The number of pyridine rings is 2. The fourth-order valence-electron chi connectivity index (χ4n) is 6.18. The summed E-state index contributed by atoms with van der Waals surface area (Å²) in [5, 5.41) is 60.8. The Bertz CT molecular complexity index is 3810. The molecule has 0 radical (unpaired) electrons. The molecule has 5 N–H and O–H groups in total. The van der Waals surface area contributed by atoms with Crippen molar-refractivity contribution in [3.63, 3.8) is 0 Å². The number of oxazole rings is 1. The Morgan fingerprint density at radius 3 is 1.38 bits per heavy atom. The number of nitrogens with one attached hydrogen (secondary N) is 5. The molecule has 0 aliphatic rings. The summed E-state index contributed by atoms with van der Waals surface area (Å²) in [6.07, 6.45) is 39.1. The van der Waals surface area contributed by atoms with Gasteiger partial charge in [-0.15, -0.1) is 55.5 Å². The lowest BCUT2D eigenvalue weighted by Gasteiger charge is -1.82. The number of furan rings is 2. The van der Waals surface area contributed by atoms with E-state index < -0.39 is 0 Å². The van der Waals surface area contributed by atoms with E-state index in [1.165, 1.54) is 51.1 Å². The van der Waals surface area contributed by atoms with Crippen molar-refractivity contribution in [2.24, 2.45) is 0 Å². The number of hydrogen-bond donors (Lipinski definition) is 5. The van der Waals surface area contributed by atoms with E-state index in [-0.39, 0.29) is 7.43 Å². The molecule has 0 atom stereocenters. The summed E-state index contributed by atoms with van der Waals surface area (Å²) in [5.74, 6) is 4.50. The number of nitrogens with zero attached hydrogens (tertiary/aromatic N) is 20. The Hall–Kier alpha value is -13.2. The fourth-order valence-corrected chi connectivity index (χ4v) is 8.56. The van der Waals surface area contributed by atoms with Gasteiger partial charge in [0.1, 0.15) is 58.4 Å². The molecule has 30 nitrogen and oxygen atoms in total. The SMILES string of the molecule is C.Cc1ccccn1.Cc1cccnc1.Cc1cccnn1.Cc1ccco1.Cc1cccs1.Cc1ccn[nH]1.Cc1ccno1.Cc1ccoc1.Cc1ccon1.Cc1ccsc1.Cc1cn[nH]c1.Cc1cn[nH]n1.Cc1cncnc1.Cc1cnco1.Cc1cncs1.Cc1ncc[nH]1.Cc1nccs1.Cc1ncn[nH]1.Cc1nncs1. The van der Waals surface area contributed by atoms with Crippen molar-refractivity contribution in [3.05, 3.63) is 378 Å². The van der Waals surface area contributed by atoms with E-state index in [1.54, 1.807) is 180 Å². The van der Waals surface area contributed by atoms with Gasteiger partial charge in [-0.05, 0) is 242 Å². The normalized spacial score (nSPS) is 8.73. The average molecular weight is 1710 g/mol. The van der Waals surface area contributed by atoms with Crippen molar-refractivity contribution in [1.29, 1.82) is 0 Å². The molecule has 0 unspecified atom stereocenters. The van der Waals surface area contributed by atoms with Gasteiger partial charge >= 0.3 is 0 Å². The second-order valence-electron chi connectivity index (χ2n) is 23.2. The minimum Gasteiger partial charge on any atom is -0.472 e. The number of aryl methyl sites for hydroxylation is 19. The van der Waals surface area contributed by atoms with E-state index in [0.29, 0.717) is 0 Å². The lowest BCUT2D eigenvalue weighted by atomic mass is 10.3. The summed E-state index contributed by atoms with van der Waals surface area (Å²) >= 11 is 8.41. The molecular weight excluding hydrogens is 1600 g/mol. The van der Waals surface area contributed by atoms with Gasteiger partial charge in [0.25, 0.3) is 0 Å². The molecule has 0 aliphatic heterocycles. The lowest BCUT2D eigenvalue weighted by molar-refractivity contribution is 0.397. The Labute approximate surface area is 717 Å². The standard InChI is InChI=1S/2C6H7N.2C5H6N2.2C5H6O.2C5H6S.3C4H6N2.3C4H5NO.2C4H5NS.2C3H5N3.C3H4N2S.CH4/c1-6-3-2-4-7-5-6;1-6-4-2-3-5-7-6;1-5-2-6-4-7-3-5;1-5-3-2-4-6-7-5;1-5-2-3-6-4-5;1-5-3-2-4-6-5;1-5-2-3-6-4-5;1-5-3-2-4-6-5;1-4-2-5-6-3-4;1-4-5-2-3-6-4;1-4-2-3-5-6-4;1-4-2-5-3-6-4;1-4-2-3-6-5-4;1-4-2-3-5-6-4;1-4-2-5-3-6-4;1-4-5-2-3-6-4;1-3-4-2-5-6-3;1-3-2-4-6-5-3;1-3-5-4-2-6-3;/h2*2-5H,1H3;2*2-4H,1H3;4*2-4H,1H3;3*2-3H,1H3,(H,5,6);5*2-3H,1H3;2*2H,1H3,(H,4,5,6);2H,1H3;1H4. The summed E-state index contributed by atoms with van der Waals surface area (Å²) in [5.41, 5.74) is 14.6. The summed E-state index contributed by atoms with van der Waals surface area (Å²) in [6, 6.07) is 31.1. The molecule has 0 spiro atoms. The number of aromatic nitrogens is 25. The Morgan fingerprint density at radius 1 is 0.395 bits per heavy atom. The first-order valence-corrected chi connectivity index (χ1v) is 40.2. The molecule has 19 aromatic heterocycles. The first kappa shape index (κ1) is 106. The quantitative estimate of drug-likeness (QED) is 0.0941. The van der Waals surface area contributed by atoms with Crippen LogP contribution in [0.4, 0.5) is 0 Å². The number of rotatable bonds is 0. The largest absolute Gasteiger partial charge is 0.472 e. The van der Waals surface area contributed by atoms with E-state index in [4.69, 9.17) is 13.3 Å². The topological polar surface area (TPSA) is 402 Å². The van der Waals surface area contributed by atoms with E-state index in [1.807, 2.05) is 214 Å². The van der Waals surface area contributed by atoms with Crippen molar-refractivity contribution < 1.29 is 22.3 Å². The average Bonchev–Trinajstić information content (AvgIpc) is 1.69. The zero-order valence-corrected chi connectivity index (χ0v) is 74.1. The maximum Gasteiger partial charge on any atom is 0.180 e. The third-order valence-corrected chi connectivity index (χ3v) is 15.6. The van der Waals surface area contributed by atoms with Gasteiger partial charge in [0.15, 0.2) is 6.39 Å². The molecule has 0 aromatic carbocycles. The van der Waals surface area contributed by atoms with Crippen LogP contribution in [0, 0.1) is 132 Å². The summed E-state index contributed by atoms with van der Waals surface area (Å²) in [4.78, 5) is 40.0. The predicted octanol–water partition coefficient (Wildman–Crippen LogP) is 21.4. The smallest absolute Gasteiger partial charge is 0.180 e. The van der Waals surface area contributed by atoms with E-state index in [9.17, 15) is 0 Å². The predicted molar refractivity (Wildman–Crippen MR) is 478 cm³/mol. The van der Waals surface area contributed by atoms with Crippen LogP contribution in [0.25, 0.3) is 0 Å². The fraction of sp³-hybridized carbons (Fsp3) is 0.238. The molecule has 0 bridgehead atoms. The summed E-state index contributed by atoms with van der Waals surface area (Å²) in [7, 11) is 0. The molecule has 19 heterocycles. The van der Waals surface area contributed by atoms with Gasteiger partial charge in [-0.1, -0.05) is 35.9 Å². The summed E-state index contributed by atoms with van der Waals surface area (Å²) < 4.78 is 23.3. The van der Waals surface area contributed by atoms with Crippen molar-refractivity contribution >= 4 is 56.7 Å². The molecule has 0 aliphatic carbocycles. The van der Waals surface area contributed by atoms with E-state index in [0.717, 1.165) is 73.0 Å². The molecule has 35 heteroatoms. The van der Waals surface area contributed by atoms with Gasteiger partial charge in [0.2, 0.25) is 0 Å². The number of H-pyrrole nitrogens is 5. The van der Waals surface area contributed by atoms with Crippen molar-refractivity contribution in [2.45, 2.75) is 139 Å². The number of imidazole rings is 1. The molecule has 0 fully saturated rings. The second-order valence-corrected chi connectivity index (χ2v) is 28.4. The minimum atomic E-state index is 0. The molecule has 0 saturated heterocycles. The number of thiazole rings is 2. The highest BCUT2D eigenvalue weighted by Crippen LogP contribution is 2.05. The van der Waals surface area contributed by atoms with Crippen LogP contribution in [0.2, 0.25) is 0 Å². The van der Waals surface area contributed by atoms with Gasteiger partial charge in [0, 0.05) is 113 Å². The van der Waals surface area contributed by atoms with Crippen LogP contribution in [0.5, 0.6) is 0 Å². The van der Waals surface area contributed by atoms with Crippen LogP contribution in [-0.2, 0) is 0 Å². The van der Waals surface area contributed by atoms with Gasteiger partial charge in [-0.2, -0.15) is 52.2 Å². The van der Waals surface area contributed by atoms with Crippen molar-refractivity contribution in [2.75, 3.05) is 0 Å². The Balaban J connectivity index is 0.00000123. The first-order valence-electron chi connectivity index (χ1n) is 35.7. The van der Waals surface area contributed by atoms with Crippen LogP contribution in [0.1, 0.15) is 112 Å². The van der Waals surface area contributed by atoms with Gasteiger partial charge in [0.05, 0.1) is 71.2 Å². The van der Waals surface area contributed by atoms with Crippen LogP contribution >= 0.6 is 56.7 Å². The third kappa shape index (κ3) is 72.2. The van der Waals surface area contributed by atoms with Crippen LogP contribution in [0.15, 0.2) is 295 Å². The Kier molecular flexibility index (Phi) is 65.5. The van der Waals surface area contributed by atoms with Gasteiger partial charge in [-0.25, -0.2) is 24.9 Å². The van der Waals surface area contributed by atoms with Gasteiger partial charge < -0.3 is 27.3 Å². The maximum absolute atomic E-state index is 4.83. The Morgan fingerprint density at radius 2 is 1.18 bits per heavy atom. The molecule has 19 aromatic rings. The minimum absolute atomic E-state index is 0. The van der Waals surface area contributed by atoms with Crippen LogP contribution in [0.3, 0.4) is 0 Å². The van der Waals surface area contributed by atoms with Gasteiger partial charge in [-0.3, -0.25) is 35.2 Å². The zero-order chi connectivity index (χ0) is 86.5. The first-order chi connectivity index (χ1) is 57.0. The highest BCUT2D eigenvalue weighted by Gasteiger charge is 1.86. The number of aromatic amines is 5. The van der Waals surface area contributed by atoms with Crippen molar-refractivity contribution in [1.82, 2.24) is 127 Å². The molecule has 632 valence electrons. The van der Waals surface area contributed by atoms with E-state index >= 15 is 0 Å². The number of hydrogen-bond acceptors (Lipinski definition) is 30. The molecule has 0 saturated carbocycles. The third-order valence-electron chi connectivity index (χ3n) is 11.9. The molecular formula is C84H111N25O5S5. The van der Waals surface area contributed by atoms with Crippen molar-refractivity contribution in [3.8, 4) is 0 Å². The number of thiophene rings is 2. The van der Waals surface area contributed by atoms with Crippen LogP contribution in [-0.4, -0.2) is 127 Å². The molecule has 19 rings (SSSR count). The second kappa shape index (κ2) is 73.7. The summed E-state index contributed by atoms with van der Waals surface area (Å²) in [6.45, 7) is 37.1. The highest BCUT2D eigenvalue weighted by molar-refractivity contribution is 7.10. The van der Waals surface area contributed by atoms with E-state index in [2.05, 4.69) is 184 Å². The maximum atomic E-state index is 4.83. The lowest BCUT2D eigenvalue weighted by Crippen LogP contribution is -1.79. The van der Waals surface area contributed by atoms with Crippen LogP contribution < -0.4 is 0 Å². The molecule has 0 amide bonds.